The van der Waals surface area contributed by atoms with Gasteiger partial charge in [0.15, 0.2) is 5.76 Å². The number of rotatable bonds is 2. The van der Waals surface area contributed by atoms with Crippen molar-refractivity contribution in [2.45, 2.75) is 0 Å². The van der Waals surface area contributed by atoms with Crippen LogP contribution in [0.5, 0.6) is 0 Å². The molecular weight excluding hydrogens is 214 g/mol. The largest absolute Gasteiger partial charge is 0.461 e. The monoisotopic (exact) mass is 223 g/mol. The quantitative estimate of drug-likeness (QED) is 0.627. The summed E-state index contributed by atoms with van der Waals surface area (Å²) in [6, 6.07) is 12.6. The van der Waals surface area contributed by atoms with Crippen LogP contribution in [0, 0.1) is 0 Å². The van der Waals surface area contributed by atoms with Gasteiger partial charge < -0.3 is 4.42 Å². The van der Waals surface area contributed by atoms with Crippen LogP contribution >= 0.6 is 0 Å². The fourth-order valence-corrected chi connectivity index (χ4v) is 1.76. The summed E-state index contributed by atoms with van der Waals surface area (Å²) in [5, 5.41) is 1.02. The standard InChI is InChI=1S/C14H9NO2/c16-14(13-4-2-8-17-13)11-6-5-10-3-1-7-15-12(10)9-11/h1-9H. The van der Waals surface area contributed by atoms with Crippen LogP contribution in [0.2, 0.25) is 0 Å². The first-order chi connectivity index (χ1) is 8.34. The van der Waals surface area contributed by atoms with Crippen LogP contribution in [-0.2, 0) is 0 Å². The number of carbonyl (C=O) groups excluding carboxylic acids is 1. The van der Waals surface area contributed by atoms with E-state index in [2.05, 4.69) is 4.98 Å². The molecule has 0 aliphatic heterocycles. The van der Waals surface area contributed by atoms with Crippen LogP contribution in [0.25, 0.3) is 10.9 Å². The summed E-state index contributed by atoms with van der Waals surface area (Å²) in [6.07, 6.45) is 3.20. The van der Waals surface area contributed by atoms with Crippen LogP contribution in [0.15, 0.2) is 59.3 Å². The molecule has 3 nitrogen and oxygen atoms in total. The van der Waals surface area contributed by atoms with Gasteiger partial charge in [0.25, 0.3) is 0 Å². The lowest BCUT2D eigenvalue weighted by molar-refractivity contribution is 0.101. The maximum absolute atomic E-state index is 12.0. The number of furan rings is 1. The molecule has 2 heterocycles. The average Bonchev–Trinajstić information content (AvgIpc) is 2.91. The molecule has 0 bridgehead atoms. The molecule has 1 aromatic carbocycles. The normalized spacial score (nSPS) is 10.6. The van der Waals surface area contributed by atoms with Gasteiger partial charge in [0.1, 0.15) is 0 Å². The summed E-state index contributed by atoms with van der Waals surface area (Å²) in [4.78, 5) is 16.3. The molecular formula is C14H9NO2. The molecule has 0 unspecified atom stereocenters. The molecule has 0 radical (unpaired) electrons. The molecule has 0 fully saturated rings. The van der Waals surface area contributed by atoms with E-state index in [1.807, 2.05) is 18.2 Å². The molecule has 0 saturated carbocycles. The van der Waals surface area contributed by atoms with Crippen LogP contribution in [0.4, 0.5) is 0 Å². The number of nitrogens with zero attached hydrogens (tertiary/aromatic N) is 1. The first-order valence-electron chi connectivity index (χ1n) is 5.27. The number of benzene rings is 1. The van der Waals surface area contributed by atoms with Gasteiger partial charge in [-0.05, 0) is 24.3 Å². The minimum absolute atomic E-state index is 0.123. The van der Waals surface area contributed by atoms with Crippen molar-refractivity contribution in [1.29, 1.82) is 0 Å². The van der Waals surface area contributed by atoms with E-state index in [-0.39, 0.29) is 5.78 Å². The molecule has 0 spiro atoms. The Morgan fingerprint density at radius 3 is 2.88 bits per heavy atom. The van der Waals surface area contributed by atoms with Crippen molar-refractivity contribution >= 4 is 16.7 Å². The maximum Gasteiger partial charge on any atom is 0.228 e. The Morgan fingerprint density at radius 1 is 1.12 bits per heavy atom. The van der Waals surface area contributed by atoms with E-state index >= 15 is 0 Å². The highest BCUT2D eigenvalue weighted by Gasteiger charge is 2.11. The lowest BCUT2D eigenvalue weighted by Crippen LogP contribution is -1.99. The Morgan fingerprint density at radius 2 is 2.06 bits per heavy atom. The second kappa shape index (κ2) is 3.87. The second-order valence-corrected chi connectivity index (χ2v) is 3.72. The van der Waals surface area contributed by atoms with Crippen molar-refractivity contribution in [2.75, 3.05) is 0 Å². The average molecular weight is 223 g/mol. The zero-order chi connectivity index (χ0) is 11.7. The van der Waals surface area contributed by atoms with E-state index in [4.69, 9.17) is 4.42 Å². The first-order valence-corrected chi connectivity index (χ1v) is 5.27. The highest BCUT2D eigenvalue weighted by molar-refractivity contribution is 6.08. The van der Waals surface area contributed by atoms with Gasteiger partial charge in [-0.2, -0.15) is 0 Å². The molecule has 0 aliphatic rings. The molecule has 17 heavy (non-hydrogen) atoms. The Labute approximate surface area is 97.7 Å². The first kappa shape index (κ1) is 9.78. The van der Waals surface area contributed by atoms with Gasteiger partial charge >= 0.3 is 0 Å². The summed E-state index contributed by atoms with van der Waals surface area (Å²) >= 11 is 0. The van der Waals surface area contributed by atoms with E-state index in [1.165, 1.54) is 6.26 Å². The van der Waals surface area contributed by atoms with Gasteiger partial charge in [-0.15, -0.1) is 0 Å². The molecule has 3 heteroatoms. The number of pyridine rings is 1. The van der Waals surface area contributed by atoms with Crippen LogP contribution < -0.4 is 0 Å². The maximum atomic E-state index is 12.0. The zero-order valence-electron chi connectivity index (χ0n) is 8.96. The smallest absolute Gasteiger partial charge is 0.228 e. The lowest BCUT2D eigenvalue weighted by atomic mass is 10.1. The SMILES string of the molecule is O=C(c1ccc2cccnc2c1)c1ccco1. The van der Waals surface area contributed by atoms with Gasteiger partial charge in [0, 0.05) is 17.1 Å². The van der Waals surface area contributed by atoms with Gasteiger partial charge in [0.05, 0.1) is 11.8 Å². The van der Waals surface area contributed by atoms with Crippen LogP contribution in [0.1, 0.15) is 16.1 Å². The summed E-state index contributed by atoms with van der Waals surface area (Å²) < 4.78 is 5.09. The molecule has 0 saturated heterocycles. The summed E-state index contributed by atoms with van der Waals surface area (Å²) in [7, 11) is 0. The predicted octanol–water partition coefficient (Wildman–Crippen LogP) is 3.06. The minimum atomic E-state index is -0.123. The third-order valence-electron chi connectivity index (χ3n) is 2.61. The van der Waals surface area contributed by atoms with Crippen molar-refractivity contribution in [3.05, 3.63) is 66.2 Å². The molecule has 3 aromatic rings. The predicted molar refractivity (Wildman–Crippen MR) is 63.9 cm³/mol. The Bertz CT molecular complexity index is 672. The lowest BCUT2D eigenvalue weighted by Gasteiger charge is -2.00. The molecule has 2 aromatic heterocycles. The van der Waals surface area contributed by atoms with Gasteiger partial charge in [0.2, 0.25) is 5.78 Å². The number of hydrogen-bond acceptors (Lipinski definition) is 3. The van der Waals surface area contributed by atoms with Crippen molar-refractivity contribution in [3.63, 3.8) is 0 Å². The Hall–Kier alpha value is -2.42. The van der Waals surface area contributed by atoms with E-state index in [0.717, 1.165) is 10.9 Å². The summed E-state index contributed by atoms with van der Waals surface area (Å²) in [5.41, 5.74) is 1.40. The van der Waals surface area contributed by atoms with Crippen molar-refractivity contribution < 1.29 is 9.21 Å². The highest BCUT2D eigenvalue weighted by Crippen LogP contribution is 2.16. The van der Waals surface area contributed by atoms with Gasteiger partial charge in [-0.1, -0.05) is 18.2 Å². The molecule has 0 aliphatic carbocycles. The second-order valence-electron chi connectivity index (χ2n) is 3.72. The molecule has 0 N–H and O–H groups in total. The number of carbonyl (C=O) groups is 1. The molecule has 3 rings (SSSR count). The number of aromatic nitrogens is 1. The van der Waals surface area contributed by atoms with Crippen LogP contribution in [0.3, 0.4) is 0 Å². The van der Waals surface area contributed by atoms with Crippen molar-refractivity contribution in [2.24, 2.45) is 0 Å². The molecule has 0 atom stereocenters. The number of ketones is 1. The Balaban J connectivity index is 2.09. The molecule has 82 valence electrons. The highest BCUT2D eigenvalue weighted by atomic mass is 16.3. The van der Waals surface area contributed by atoms with Gasteiger partial charge in [-0.25, -0.2) is 0 Å². The summed E-state index contributed by atoms with van der Waals surface area (Å²) in [5.74, 6) is 0.225. The fraction of sp³-hybridized carbons (Fsp3) is 0. The summed E-state index contributed by atoms with van der Waals surface area (Å²) in [6.45, 7) is 0. The van der Waals surface area contributed by atoms with E-state index in [9.17, 15) is 4.79 Å². The Kier molecular flexibility index (Phi) is 2.22. The van der Waals surface area contributed by atoms with Crippen LogP contribution in [-0.4, -0.2) is 10.8 Å². The van der Waals surface area contributed by atoms with E-state index in [0.29, 0.717) is 11.3 Å². The third kappa shape index (κ3) is 1.72. The fourth-order valence-electron chi connectivity index (χ4n) is 1.76. The number of hydrogen-bond donors (Lipinski definition) is 0. The van der Waals surface area contributed by atoms with Crippen molar-refractivity contribution in [1.82, 2.24) is 4.98 Å². The van der Waals surface area contributed by atoms with E-state index in [1.54, 1.807) is 30.5 Å². The minimum Gasteiger partial charge on any atom is -0.461 e. The van der Waals surface area contributed by atoms with Gasteiger partial charge in [-0.3, -0.25) is 9.78 Å². The van der Waals surface area contributed by atoms with E-state index < -0.39 is 0 Å². The van der Waals surface area contributed by atoms with Crippen molar-refractivity contribution in [3.8, 4) is 0 Å². The third-order valence-corrected chi connectivity index (χ3v) is 2.61. The molecule has 0 amide bonds. The topological polar surface area (TPSA) is 43.1 Å². The zero-order valence-corrected chi connectivity index (χ0v) is 8.96. The number of fused-ring (bicyclic) bond motifs is 1.